The van der Waals surface area contributed by atoms with Gasteiger partial charge in [0.25, 0.3) is 5.91 Å². The number of benzene rings is 1. The Morgan fingerprint density at radius 2 is 1.43 bits per heavy atom. The van der Waals surface area contributed by atoms with Gasteiger partial charge < -0.3 is 20.1 Å². The second kappa shape index (κ2) is 9.40. The molecule has 0 saturated heterocycles. The molecule has 0 aliphatic carbocycles. The molecule has 0 heterocycles. The summed E-state index contributed by atoms with van der Waals surface area (Å²) in [6, 6.07) is 4.42. The van der Waals surface area contributed by atoms with E-state index in [2.05, 4.69) is 10.6 Å². The number of carbonyl (C=O) groups is 3. The number of nitrogens with one attached hydrogen (secondary N) is 2. The van der Waals surface area contributed by atoms with Gasteiger partial charge in [0.1, 0.15) is 17.2 Å². The van der Waals surface area contributed by atoms with Gasteiger partial charge in [0.15, 0.2) is 0 Å². The van der Waals surface area contributed by atoms with Crippen molar-refractivity contribution in [2.45, 2.75) is 71.1 Å². The van der Waals surface area contributed by atoms with Crippen molar-refractivity contribution >= 4 is 23.5 Å². The molecule has 0 radical (unpaired) electrons. The lowest BCUT2D eigenvalue weighted by Gasteiger charge is -2.28. The summed E-state index contributed by atoms with van der Waals surface area (Å²) in [4.78, 5) is 36.9. The normalized spacial score (nSPS) is 13.2. The van der Waals surface area contributed by atoms with Crippen molar-refractivity contribution in [3.63, 3.8) is 0 Å². The largest absolute Gasteiger partial charge is 0.458 e. The predicted molar refractivity (Wildman–Crippen MR) is 108 cm³/mol. The Balaban J connectivity index is 3.07. The Bertz CT molecular complexity index is 765. The van der Waals surface area contributed by atoms with Crippen molar-refractivity contribution < 1.29 is 32.6 Å². The first-order chi connectivity index (χ1) is 13.5. The van der Waals surface area contributed by atoms with Crippen LogP contribution in [0, 0.1) is 0 Å². The molecule has 0 spiro atoms. The van der Waals surface area contributed by atoms with Gasteiger partial charge in [-0.2, -0.15) is 8.78 Å². The molecule has 9 heteroatoms. The molecule has 7 nitrogen and oxygen atoms in total. The third-order valence-electron chi connectivity index (χ3n) is 3.59. The molecule has 1 aromatic carbocycles. The predicted octanol–water partition coefficient (Wildman–Crippen LogP) is 3.54. The van der Waals surface area contributed by atoms with Gasteiger partial charge in [0, 0.05) is 18.3 Å². The van der Waals surface area contributed by atoms with Crippen molar-refractivity contribution in [3.05, 3.63) is 29.8 Å². The molecule has 168 valence electrons. The summed E-state index contributed by atoms with van der Waals surface area (Å²) in [6.45, 7) is 9.03. The number of halogens is 2. The summed E-state index contributed by atoms with van der Waals surface area (Å²) < 4.78 is 38.9. The average Bonchev–Trinajstić information content (AvgIpc) is 2.58. The van der Waals surface area contributed by atoms with E-state index in [1.165, 1.54) is 32.9 Å². The Labute approximate surface area is 175 Å². The van der Waals surface area contributed by atoms with E-state index in [1.807, 2.05) is 0 Å². The van der Waals surface area contributed by atoms with Crippen LogP contribution in [0.15, 0.2) is 24.3 Å². The minimum atomic E-state index is -4.02. The minimum absolute atomic E-state index is 0.156. The Morgan fingerprint density at radius 3 is 1.87 bits per heavy atom. The molecule has 0 aromatic heterocycles. The average molecular weight is 428 g/mol. The van der Waals surface area contributed by atoms with Crippen molar-refractivity contribution in [1.82, 2.24) is 5.32 Å². The topological polar surface area (TPSA) is 93.7 Å². The van der Waals surface area contributed by atoms with Crippen molar-refractivity contribution in [2.24, 2.45) is 0 Å². The van der Waals surface area contributed by atoms with E-state index in [9.17, 15) is 23.2 Å². The maximum absolute atomic E-state index is 14.5. The Kier molecular flexibility index (Phi) is 7.94. The van der Waals surface area contributed by atoms with Crippen molar-refractivity contribution in [2.75, 3.05) is 12.4 Å². The number of hydrogen-bond donors (Lipinski definition) is 2. The van der Waals surface area contributed by atoms with Gasteiger partial charge in [0.05, 0.1) is 6.42 Å². The molecule has 0 bridgehead atoms. The van der Waals surface area contributed by atoms with Gasteiger partial charge in [-0.1, -0.05) is 0 Å². The minimum Gasteiger partial charge on any atom is -0.458 e. The Morgan fingerprint density at radius 1 is 0.933 bits per heavy atom. The number of carbonyl (C=O) groups excluding carboxylic acids is 3. The highest BCUT2D eigenvalue weighted by atomic mass is 19.3. The number of hydrogen-bond acceptors (Lipinski definition) is 6. The number of alkyl halides is 2. The molecular weight excluding hydrogens is 398 g/mol. The third-order valence-corrected chi connectivity index (χ3v) is 3.59. The zero-order chi connectivity index (χ0) is 23.3. The SMILES string of the molecule is CNc1ccc(C(=O)NC(CC(F)(F)C(=O)OC(C)(C)C)C(=O)OC(C)(C)C)cc1. The maximum Gasteiger partial charge on any atom is 0.377 e. The lowest BCUT2D eigenvalue weighted by Crippen LogP contribution is -2.49. The third kappa shape index (κ3) is 8.34. The fourth-order valence-electron chi connectivity index (χ4n) is 2.29. The number of amides is 1. The molecule has 1 unspecified atom stereocenters. The van der Waals surface area contributed by atoms with E-state index in [1.54, 1.807) is 40.0 Å². The molecule has 0 aliphatic heterocycles. The van der Waals surface area contributed by atoms with Crippen molar-refractivity contribution in [1.29, 1.82) is 0 Å². The molecule has 30 heavy (non-hydrogen) atoms. The Hall–Kier alpha value is -2.71. The number of esters is 2. The van der Waals surface area contributed by atoms with E-state index in [4.69, 9.17) is 9.47 Å². The van der Waals surface area contributed by atoms with Crippen LogP contribution in [0.3, 0.4) is 0 Å². The summed E-state index contributed by atoms with van der Waals surface area (Å²) in [7, 11) is 1.70. The molecule has 1 atom stereocenters. The highest BCUT2D eigenvalue weighted by molar-refractivity contribution is 5.97. The fourth-order valence-corrected chi connectivity index (χ4v) is 2.29. The van der Waals surface area contributed by atoms with Crippen LogP contribution in [0.5, 0.6) is 0 Å². The van der Waals surface area contributed by atoms with Crippen molar-refractivity contribution in [3.8, 4) is 0 Å². The van der Waals surface area contributed by atoms with Crippen LogP contribution in [0.1, 0.15) is 58.3 Å². The second-order valence-corrected chi connectivity index (χ2v) is 8.80. The first-order valence-electron chi connectivity index (χ1n) is 9.47. The van der Waals surface area contributed by atoms with Gasteiger partial charge in [-0.3, -0.25) is 4.79 Å². The first-order valence-corrected chi connectivity index (χ1v) is 9.47. The lowest BCUT2D eigenvalue weighted by atomic mass is 10.1. The molecule has 0 aliphatic rings. The molecule has 0 fully saturated rings. The van der Waals surface area contributed by atoms with E-state index >= 15 is 0 Å². The van der Waals surface area contributed by atoms with Gasteiger partial charge in [0.2, 0.25) is 0 Å². The highest BCUT2D eigenvalue weighted by Crippen LogP contribution is 2.26. The van der Waals surface area contributed by atoms with Crippen LogP contribution >= 0.6 is 0 Å². The molecule has 2 N–H and O–H groups in total. The van der Waals surface area contributed by atoms with Gasteiger partial charge in [-0.25, -0.2) is 9.59 Å². The monoisotopic (exact) mass is 428 g/mol. The summed E-state index contributed by atoms with van der Waals surface area (Å²) >= 11 is 0. The van der Waals surface area contributed by atoms with E-state index in [0.717, 1.165) is 5.69 Å². The molecule has 1 amide bonds. The lowest BCUT2D eigenvalue weighted by molar-refractivity contribution is -0.186. The van der Waals surface area contributed by atoms with Crippen LogP contribution < -0.4 is 10.6 Å². The standard InChI is InChI=1S/C21H30F2N2O5/c1-19(2,3)29-17(27)15(12-21(22,23)18(28)30-20(4,5)6)25-16(26)13-8-10-14(24-7)11-9-13/h8-11,15,24H,12H2,1-7H3,(H,25,26). The summed E-state index contributed by atoms with van der Waals surface area (Å²) in [5.41, 5.74) is -1.22. The van der Waals surface area contributed by atoms with Crippen LogP contribution in [-0.2, 0) is 19.1 Å². The summed E-state index contributed by atoms with van der Waals surface area (Å²) in [5, 5.41) is 5.13. The quantitative estimate of drug-likeness (QED) is 0.646. The zero-order valence-electron chi connectivity index (χ0n) is 18.4. The molecule has 0 saturated carbocycles. The van der Waals surface area contributed by atoms with Gasteiger partial charge in [-0.15, -0.1) is 0 Å². The molecule has 1 rings (SSSR count). The van der Waals surface area contributed by atoms with Crippen LogP contribution in [0.25, 0.3) is 0 Å². The maximum atomic E-state index is 14.5. The smallest absolute Gasteiger partial charge is 0.377 e. The first kappa shape index (κ1) is 25.3. The van der Waals surface area contributed by atoms with Crippen LogP contribution in [0.2, 0.25) is 0 Å². The number of ether oxygens (including phenoxy) is 2. The number of rotatable bonds is 7. The van der Waals surface area contributed by atoms with Gasteiger partial charge >= 0.3 is 17.9 Å². The molecule has 1 aromatic rings. The fraction of sp³-hybridized carbons (Fsp3) is 0.571. The van der Waals surface area contributed by atoms with Crippen LogP contribution in [-0.4, -0.2) is 48.1 Å². The zero-order valence-corrected chi connectivity index (χ0v) is 18.4. The highest BCUT2D eigenvalue weighted by Gasteiger charge is 2.47. The van der Waals surface area contributed by atoms with Gasteiger partial charge in [-0.05, 0) is 65.8 Å². The summed E-state index contributed by atoms with van der Waals surface area (Å²) in [5.74, 6) is -7.63. The van der Waals surface area contributed by atoms with E-state index in [0.29, 0.717) is 0 Å². The number of anilines is 1. The van der Waals surface area contributed by atoms with Crippen LogP contribution in [0.4, 0.5) is 14.5 Å². The summed E-state index contributed by atoms with van der Waals surface area (Å²) in [6.07, 6.45) is -1.29. The van der Waals surface area contributed by atoms with E-state index < -0.39 is 47.4 Å². The molecular formula is C21H30F2N2O5. The second-order valence-electron chi connectivity index (χ2n) is 8.80. The van der Waals surface area contributed by atoms with E-state index in [-0.39, 0.29) is 5.56 Å².